The summed E-state index contributed by atoms with van der Waals surface area (Å²) in [5.74, 6) is -0.0612. The molecular weight excluding hydrogens is 282 g/mol. The van der Waals surface area contributed by atoms with Crippen molar-refractivity contribution in [2.24, 2.45) is 5.92 Å². The van der Waals surface area contributed by atoms with Gasteiger partial charge in [-0.1, -0.05) is 33.1 Å². The summed E-state index contributed by atoms with van der Waals surface area (Å²) in [4.78, 5) is 39.5. The number of carbonyl (C=O) groups excluding carboxylic acids is 3. The summed E-state index contributed by atoms with van der Waals surface area (Å²) in [5, 5.41) is 2.68. The number of likely N-dealkylation sites (tertiary alicyclic amines) is 1. The molecule has 2 fully saturated rings. The van der Waals surface area contributed by atoms with Gasteiger partial charge in [0, 0.05) is 13.1 Å². The number of hydrogen-bond donors (Lipinski definition) is 1. The molecule has 22 heavy (non-hydrogen) atoms. The number of hydrogen-bond acceptors (Lipinski definition) is 3. The zero-order valence-electron chi connectivity index (χ0n) is 13.6. The first-order valence-electron chi connectivity index (χ1n) is 8.38. The van der Waals surface area contributed by atoms with Crippen molar-refractivity contribution in [3.05, 3.63) is 0 Å². The molecule has 2 heterocycles. The lowest BCUT2D eigenvalue weighted by atomic mass is 10.0. The van der Waals surface area contributed by atoms with E-state index in [0.717, 1.165) is 43.7 Å². The van der Waals surface area contributed by atoms with Gasteiger partial charge < -0.3 is 10.2 Å². The zero-order chi connectivity index (χ0) is 16.1. The number of urea groups is 1. The van der Waals surface area contributed by atoms with Crippen LogP contribution in [0.1, 0.15) is 52.4 Å². The van der Waals surface area contributed by atoms with Gasteiger partial charge in [-0.05, 0) is 25.2 Å². The number of rotatable bonds is 4. The van der Waals surface area contributed by atoms with Crippen molar-refractivity contribution in [1.29, 1.82) is 0 Å². The number of imide groups is 1. The average Bonchev–Trinajstić information content (AvgIpc) is 2.65. The SMILES string of the molecule is CC(C)CC1NC(=O)N(CC(=O)N2CCCCCCC2)C1=O. The van der Waals surface area contributed by atoms with Crippen LogP contribution in [0, 0.1) is 5.92 Å². The highest BCUT2D eigenvalue weighted by Crippen LogP contribution is 2.15. The summed E-state index contributed by atoms with van der Waals surface area (Å²) in [6, 6.07) is -0.913. The van der Waals surface area contributed by atoms with E-state index >= 15 is 0 Å². The Hall–Kier alpha value is -1.59. The van der Waals surface area contributed by atoms with Gasteiger partial charge in [-0.3, -0.25) is 14.5 Å². The van der Waals surface area contributed by atoms with Gasteiger partial charge in [-0.2, -0.15) is 0 Å². The van der Waals surface area contributed by atoms with Crippen LogP contribution in [0.2, 0.25) is 0 Å². The molecule has 0 spiro atoms. The highest BCUT2D eigenvalue weighted by atomic mass is 16.2. The van der Waals surface area contributed by atoms with Crippen molar-refractivity contribution in [1.82, 2.24) is 15.1 Å². The van der Waals surface area contributed by atoms with Crippen molar-refractivity contribution in [3.63, 3.8) is 0 Å². The third-order valence-corrected chi connectivity index (χ3v) is 4.32. The summed E-state index contributed by atoms with van der Waals surface area (Å²) in [6.07, 6.45) is 6.13. The van der Waals surface area contributed by atoms with Crippen molar-refractivity contribution in [2.75, 3.05) is 19.6 Å². The van der Waals surface area contributed by atoms with Crippen LogP contribution in [0.25, 0.3) is 0 Å². The van der Waals surface area contributed by atoms with E-state index in [1.165, 1.54) is 6.42 Å². The lowest BCUT2D eigenvalue weighted by Gasteiger charge is -2.26. The standard InChI is InChI=1S/C16H27N3O3/c1-12(2)10-13-15(21)19(16(22)17-13)11-14(20)18-8-6-4-3-5-7-9-18/h12-13H,3-11H2,1-2H3,(H,17,22). The molecule has 0 radical (unpaired) electrons. The van der Waals surface area contributed by atoms with Crippen LogP contribution in [0.15, 0.2) is 0 Å². The Morgan fingerprint density at radius 1 is 1.14 bits per heavy atom. The largest absolute Gasteiger partial charge is 0.341 e. The molecule has 1 N–H and O–H groups in total. The van der Waals surface area contributed by atoms with Gasteiger partial charge in [-0.25, -0.2) is 4.79 Å². The Balaban J connectivity index is 1.92. The van der Waals surface area contributed by atoms with Gasteiger partial charge in [0.05, 0.1) is 0 Å². The smallest absolute Gasteiger partial charge is 0.325 e. The highest BCUT2D eigenvalue weighted by molar-refractivity contribution is 6.06. The monoisotopic (exact) mass is 309 g/mol. The van der Waals surface area contributed by atoms with Gasteiger partial charge in [-0.15, -0.1) is 0 Å². The van der Waals surface area contributed by atoms with Crippen molar-refractivity contribution < 1.29 is 14.4 Å². The molecule has 1 atom stereocenters. The van der Waals surface area contributed by atoms with Crippen LogP contribution in [0.5, 0.6) is 0 Å². The van der Waals surface area contributed by atoms with E-state index in [9.17, 15) is 14.4 Å². The first kappa shape index (κ1) is 16.8. The van der Waals surface area contributed by atoms with E-state index in [1.54, 1.807) is 4.90 Å². The molecule has 4 amide bonds. The van der Waals surface area contributed by atoms with Gasteiger partial charge >= 0.3 is 6.03 Å². The molecule has 6 heteroatoms. The Bertz CT molecular complexity index is 428. The van der Waals surface area contributed by atoms with Crippen molar-refractivity contribution >= 4 is 17.8 Å². The Morgan fingerprint density at radius 2 is 1.73 bits per heavy atom. The zero-order valence-corrected chi connectivity index (χ0v) is 13.6. The molecule has 0 aromatic carbocycles. The van der Waals surface area contributed by atoms with Crippen molar-refractivity contribution in [3.8, 4) is 0 Å². The predicted octanol–water partition coefficient (Wildman–Crippen LogP) is 1.75. The van der Waals surface area contributed by atoms with E-state index in [2.05, 4.69) is 5.32 Å². The summed E-state index contributed by atoms with van der Waals surface area (Å²) in [6.45, 7) is 5.36. The fraction of sp³-hybridized carbons (Fsp3) is 0.812. The minimum absolute atomic E-state index is 0.115. The third kappa shape index (κ3) is 4.21. The third-order valence-electron chi connectivity index (χ3n) is 4.32. The summed E-state index contributed by atoms with van der Waals surface area (Å²) in [7, 11) is 0. The number of nitrogens with zero attached hydrogens (tertiary/aromatic N) is 2. The molecule has 0 aromatic heterocycles. The number of nitrogens with one attached hydrogen (secondary N) is 1. The molecule has 0 aromatic rings. The first-order valence-corrected chi connectivity index (χ1v) is 8.38. The minimum Gasteiger partial charge on any atom is -0.341 e. The van der Waals surface area contributed by atoms with Gasteiger partial charge in [0.15, 0.2) is 0 Å². The first-order chi connectivity index (χ1) is 10.5. The molecular formula is C16H27N3O3. The average molecular weight is 309 g/mol. The lowest BCUT2D eigenvalue weighted by Crippen LogP contribution is -2.44. The normalized spacial score (nSPS) is 23.5. The van der Waals surface area contributed by atoms with Crippen molar-refractivity contribution in [2.45, 2.75) is 58.4 Å². The summed E-state index contributed by atoms with van der Waals surface area (Å²) in [5.41, 5.74) is 0. The maximum absolute atomic E-state index is 12.4. The van der Waals surface area contributed by atoms with Crippen LogP contribution in [0.4, 0.5) is 4.79 Å². The molecule has 6 nitrogen and oxygen atoms in total. The quantitative estimate of drug-likeness (QED) is 0.804. The van der Waals surface area contributed by atoms with Crippen LogP contribution < -0.4 is 5.32 Å². The second kappa shape index (κ2) is 7.61. The molecule has 2 aliphatic heterocycles. The molecule has 124 valence electrons. The Labute approximate surface area is 132 Å². The summed E-state index contributed by atoms with van der Waals surface area (Å²) >= 11 is 0. The van der Waals surface area contributed by atoms with Crippen LogP contribution in [-0.2, 0) is 9.59 Å². The number of amides is 4. The van der Waals surface area contributed by atoms with E-state index in [4.69, 9.17) is 0 Å². The second-order valence-electron chi connectivity index (χ2n) is 6.70. The van der Waals surface area contributed by atoms with E-state index in [0.29, 0.717) is 12.3 Å². The second-order valence-corrected chi connectivity index (χ2v) is 6.70. The molecule has 2 aliphatic rings. The molecule has 0 bridgehead atoms. The Kier molecular flexibility index (Phi) is 5.80. The molecule has 0 aliphatic carbocycles. The maximum Gasteiger partial charge on any atom is 0.325 e. The van der Waals surface area contributed by atoms with Crippen LogP contribution >= 0.6 is 0 Å². The fourth-order valence-corrected chi connectivity index (χ4v) is 3.09. The van der Waals surface area contributed by atoms with E-state index < -0.39 is 12.1 Å². The van der Waals surface area contributed by atoms with Gasteiger partial charge in [0.25, 0.3) is 5.91 Å². The maximum atomic E-state index is 12.4. The fourth-order valence-electron chi connectivity index (χ4n) is 3.09. The predicted molar refractivity (Wildman–Crippen MR) is 83.2 cm³/mol. The van der Waals surface area contributed by atoms with Crippen LogP contribution in [0.3, 0.4) is 0 Å². The molecule has 2 rings (SSSR count). The van der Waals surface area contributed by atoms with Gasteiger partial charge in [0.2, 0.25) is 5.91 Å². The van der Waals surface area contributed by atoms with E-state index in [1.807, 2.05) is 13.8 Å². The molecule has 0 saturated carbocycles. The Morgan fingerprint density at radius 3 is 2.32 bits per heavy atom. The highest BCUT2D eigenvalue weighted by Gasteiger charge is 2.39. The summed E-state index contributed by atoms with van der Waals surface area (Å²) < 4.78 is 0. The minimum atomic E-state index is -0.479. The molecule has 2 saturated heterocycles. The van der Waals surface area contributed by atoms with Crippen LogP contribution in [-0.4, -0.2) is 53.3 Å². The van der Waals surface area contributed by atoms with E-state index in [-0.39, 0.29) is 18.4 Å². The van der Waals surface area contributed by atoms with Gasteiger partial charge in [0.1, 0.15) is 12.6 Å². The molecule has 1 unspecified atom stereocenters. The lowest BCUT2D eigenvalue weighted by molar-refractivity contribution is -0.137. The topological polar surface area (TPSA) is 69.7 Å². The number of carbonyl (C=O) groups is 3.